The van der Waals surface area contributed by atoms with E-state index in [0.717, 1.165) is 25.7 Å². The van der Waals surface area contributed by atoms with E-state index >= 15 is 0 Å². The van der Waals surface area contributed by atoms with E-state index in [1.54, 1.807) is 0 Å². The Bertz CT molecular complexity index is 231. The van der Waals surface area contributed by atoms with Crippen molar-refractivity contribution in [2.24, 2.45) is 0 Å². The van der Waals surface area contributed by atoms with Gasteiger partial charge in [0.2, 0.25) is 0 Å². The topological polar surface area (TPSA) is 29.5 Å². The molecule has 0 aromatic carbocycles. The molecule has 17 heavy (non-hydrogen) atoms. The van der Waals surface area contributed by atoms with E-state index in [4.69, 9.17) is 4.43 Å². The fourth-order valence-electron chi connectivity index (χ4n) is 1.62. The van der Waals surface area contributed by atoms with Gasteiger partial charge in [-0.2, -0.15) is 0 Å². The van der Waals surface area contributed by atoms with Crippen LogP contribution in [0.2, 0.25) is 19.6 Å². The van der Waals surface area contributed by atoms with Gasteiger partial charge in [-0.25, -0.2) is 0 Å². The van der Waals surface area contributed by atoms with Crippen LogP contribution in [0.5, 0.6) is 0 Å². The molecule has 0 aromatic rings. The highest BCUT2D eigenvalue weighted by Gasteiger charge is 2.17. The van der Waals surface area contributed by atoms with Gasteiger partial charge in [-0.05, 0) is 52.2 Å². The molecular formula is C14H28O2Si. The van der Waals surface area contributed by atoms with Gasteiger partial charge in [0.15, 0.2) is 8.32 Å². The van der Waals surface area contributed by atoms with Crippen molar-refractivity contribution in [1.29, 1.82) is 0 Å². The molecule has 0 aromatic heterocycles. The van der Waals surface area contributed by atoms with E-state index < -0.39 is 8.32 Å². The molecule has 3 heteroatoms. The maximum atomic E-state index is 9.61. The van der Waals surface area contributed by atoms with Crippen LogP contribution in [0.4, 0.5) is 0 Å². The standard InChI is InChI=1S/C14H28O2Si/c1-6-7-11-14(15)12-9-8-10-13(2)16-17(3,4)5/h6,8-9,13-15H,1,7,10-12H2,2-5H3/b9-8-. The second-order valence-electron chi connectivity index (χ2n) is 5.50. The van der Waals surface area contributed by atoms with Crippen LogP contribution in [-0.2, 0) is 4.43 Å². The molecule has 0 heterocycles. The van der Waals surface area contributed by atoms with Crippen LogP contribution in [0, 0.1) is 0 Å². The van der Waals surface area contributed by atoms with Gasteiger partial charge in [-0.3, -0.25) is 0 Å². The van der Waals surface area contributed by atoms with Gasteiger partial charge < -0.3 is 9.53 Å². The van der Waals surface area contributed by atoms with Crippen LogP contribution < -0.4 is 0 Å². The Hall–Kier alpha value is -0.383. The Labute approximate surface area is 108 Å². The minimum atomic E-state index is -1.41. The summed E-state index contributed by atoms with van der Waals surface area (Å²) < 4.78 is 5.92. The molecule has 0 bridgehead atoms. The molecule has 2 nitrogen and oxygen atoms in total. The monoisotopic (exact) mass is 256 g/mol. The zero-order chi connectivity index (χ0) is 13.3. The Morgan fingerprint density at radius 3 is 2.35 bits per heavy atom. The van der Waals surface area contributed by atoms with Crippen molar-refractivity contribution >= 4 is 8.32 Å². The molecule has 2 unspecified atom stereocenters. The van der Waals surface area contributed by atoms with Gasteiger partial charge >= 0.3 is 0 Å². The SMILES string of the molecule is C=CCCC(O)C/C=C\CC(C)O[Si](C)(C)C. The summed E-state index contributed by atoms with van der Waals surface area (Å²) in [6.07, 6.45) is 9.39. The normalized spacial score (nSPS) is 16.1. The van der Waals surface area contributed by atoms with Crippen molar-refractivity contribution in [2.45, 2.75) is 64.5 Å². The first-order valence-corrected chi connectivity index (χ1v) is 9.87. The number of hydrogen-bond donors (Lipinski definition) is 1. The number of hydrogen-bond acceptors (Lipinski definition) is 2. The molecule has 1 N–H and O–H groups in total. The smallest absolute Gasteiger partial charge is 0.184 e. The molecule has 0 aliphatic heterocycles. The van der Waals surface area contributed by atoms with E-state index in [1.165, 1.54) is 0 Å². The molecule has 0 radical (unpaired) electrons. The third-order valence-corrected chi connectivity index (χ3v) is 3.41. The molecule has 0 saturated carbocycles. The van der Waals surface area contributed by atoms with Crippen LogP contribution in [0.25, 0.3) is 0 Å². The fraction of sp³-hybridized carbons (Fsp3) is 0.714. The Kier molecular flexibility index (Phi) is 8.48. The molecular weight excluding hydrogens is 228 g/mol. The van der Waals surface area contributed by atoms with Crippen LogP contribution >= 0.6 is 0 Å². The lowest BCUT2D eigenvalue weighted by atomic mass is 10.1. The van der Waals surface area contributed by atoms with Gasteiger partial charge in [-0.15, -0.1) is 6.58 Å². The summed E-state index contributed by atoms with van der Waals surface area (Å²) in [5, 5.41) is 9.61. The first-order chi connectivity index (χ1) is 7.85. The third kappa shape index (κ3) is 11.9. The van der Waals surface area contributed by atoms with Crippen LogP contribution in [0.15, 0.2) is 24.8 Å². The third-order valence-electron chi connectivity index (χ3n) is 2.30. The predicted octanol–water partition coefficient (Wildman–Crippen LogP) is 3.89. The highest BCUT2D eigenvalue weighted by atomic mass is 28.4. The van der Waals surface area contributed by atoms with Crippen LogP contribution in [-0.4, -0.2) is 25.6 Å². The lowest BCUT2D eigenvalue weighted by Gasteiger charge is -2.22. The van der Waals surface area contributed by atoms with Gasteiger partial charge in [0.05, 0.1) is 6.10 Å². The summed E-state index contributed by atoms with van der Waals surface area (Å²) >= 11 is 0. The minimum Gasteiger partial charge on any atom is -0.415 e. The zero-order valence-electron chi connectivity index (χ0n) is 11.8. The first kappa shape index (κ1) is 16.6. The Morgan fingerprint density at radius 1 is 1.24 bits per heavy atom. The summed E-state index contributed by atoms with van der Waals surface area (Å²) in [6, 6.07) is 0. The molecule has 0 fully saturated rings. The van der Waals surface area contributed by atoms with Gasteiger partial charge in [0.25, 0.3) is 0 Å². The second kappa shape index (κ2) is 8.67. The number of allylic oxidation sites excluding steroid dienone is 1. The van der Waals surface area contributed by atoms with Crippen molar-refractivity contribution in [3.63, 3.8) is 0 Å². The van der Waals surface area contributed by atoms with Crippen molar-refractivity contribution in [3.8, 4) is 0 Å². The highest BCUT2D eigenvalue weighted by molar-refractivity contribution is 6.69. The molecule has 2 atom stereocenters. The molecule has 0 aliphatic rings. The van der Waals surface area contributed by atoms with E-state index in [-0.39, 0.29) is 12.2 Å². The van der Waals surface area contributed by atoms with E-state index in [2.05, 4.69) is 45.3 Å². The van der Waals surface area contributed by atoms with Gasteiger partial charge in [0.1, 0.15) is 0 Å². The summed E-state index contributed by atoms with van der Waals surface area (Å²) in [6.45, 7) is 12.4. The number of rotatable bonds is 9. The molecule has 0 aliphatic carbocycles. The average Bonchev–Trinajstić information content (AvgIpc) is 2.19. The van der Waals surface area contributed by atoms with Crippen molar-refractivity contribution in [2.75, 3.05) is 0 Å². The molecule has 100 valence electrons. The average molecular weight is 256 g/mol. The molecule has 0 spiro atoms. The minimum absolute atomic E-state index is 0.238. The Morgan fingerprint density at radius 2 is 1.82 bits per heavy atom. The van der Waals surface area contributed by atoms with Gasteiger partial charge in [0, 0.05) is 6.10 Å². The summed E-state index contributed by atoms with van der Waals surface area (Å²) in [4.78, 5) is 0. The van der Waals surface area contributed by atoms with Crippen LogP contribution in [0.1, 0.15) is 32.6 Å². The predicted molar refractivity (Wildman–Crippen MR) is 77.7 cm³/mol. The van der Waals surface area contributed by atoms with E-state index in [9.17, 15) is 5.11 Å². The second-order valence-corrected chi connectivity index (χ2v) is 9.96. The molecule has 0 rings (SSSR count). The lowest BCUT2D eigenvalue weighted by Crippen LogP contribution is -2.30. The molecule has 0 saturated heterocycles. The number of aliphatic hydroxyl groups is 1. The maximum absolute atomic E-state index is 9.61. The first-order valence-electron chi connectivity index (χ1n) is 6.47. The summed E-state index contributed by atoms with van der Waals surface area (Å²) in [5.41, 5.74) is 0. The number of aliphatic hydroxyl groups excluding tert-OH is 1. The Balaban J connectivity index is 3.69. The van der Waals surface area contributed by atoms with Crippen molar-refractivity contribution < 1.29 is 9.53 Å². The largest absolute Gasteiger partial charge is 0.415 e. The maximum Gasteiger partial charge on any atom is 0.184 e. The van der Waals surface area contributed by atoms with Crippen LogP contribution in [0.3, 0.4) is 0 Å². The fourth-order valence-corrected chi connectivity index (χ4v) is 2.92. The van der Waals surface area contributed by atoms with E-state index in [0.29, 0.717) is 0 Å². The van der Waals surface area contributed by atoms with Crippen molar-refractivity contribution in [1.82, 2.24) is 0 Å². The lowest BCUT2D eigenvalue weighted by molar-refractivity contribution is 0.168. The summed E-state index contributed by atoms with van der Waals surface area (Å²) in [5.74, 6) is 0. The van der Waals surface area contributed by atoms with Crippen molar-refractivity contribution in [3.05, 3.63) is 24.8 Å². The van der Waals surface area contributed by atoms with Gasteiger partial charge in [-0.1, -0.05) is 18.2 Å². The summed E-state index contributed by atoms with van der Waals surface area (Å²) in [7, 11) is -1.41. The quantitative estimate of drug-likeness (QED) is 0.501. The highest BCUT2D eigenvalue weighted by Crippen LogP contribution is 2.10. The molecule has 0 amide bonds. The zero-order valence-corrected chi connectivity index (χ0v) is 12.8. The van der Waals surface area contributed by atoms with E-state index in [1.807, 2.05) is 6.08 Å².